The summed E-state index contributed by atoms with van der Waals surface area (Å²) < 4.78 is 26.9. The largest absolute Gasteiger partial charge is 0.337 e. The minimum absolute atomic E-state index is 0.0171. The number of anilines is 2. The van der Waals surface area contributed by atoms with E-state index in [1.54, 1.807) is 0 Å². The van der Waals surface area contributed by atoms with E-state index in [1.807, 2.05) is 0 Å². The summed E-state index contributed by atoms with van der Waals surface area (Å²) in [5.41, 5.74) is -0.262. The maximum atomic E-state index is 13.4. The molecule has 0 saturated carbocycles. The zero-order valence-electron chi connectivity index (χ0n) is 14.4. The summed E-state index contributed by atoms with van der Waals surface area (Å²) in [5, 5.41) is 23.5. The van der Waals surface area contributed by atoms with Gasteiger partial charge >= 0.3 is 0 Å². The van der Waals surface area contributed by atoms with Crippen LogP contribution in [0, 0.1) is 31.9 Å². The molecule has 0 spiro atoms. The highest BCUT2D eigenvalue weighted by molar-refractivity contribution is 9.11. The van der Waals surface area contributed by atoms with Crippen LogP contribution in [0.5, 0.6) is 0 Å². The molecule has 0 fully saturated rings. The van der Waals surface area contributed by atoms with Crippen LogP contribution < -0.4 is 5.32 Å². The molecule has 0 atom stereocenters. The van der Waals surface area contributed by atoms with Gasteiger partial charge in [0.2, 0.25) is 0 Å². The lowest BCUT2D eigenvalue weighted by Crippen LogP contribution is -1.99. The molecule has 0 unspecified atom stereocenters. The number of hydrogen-bond donors (Lipinski definition) is 1. The molecule has 1 aromatic carbocycles. The number of hydrogen-bond acceptors (Lipinski definition) is 7. The second kappa shape index (κ2) is 10.3. The first-order valence-corrected chi connectivity index (χ1v) is 9.52. The zero-order valence-corrected chi connectivity index (χ0v) is 18.3. The maximum Gasteiger partial charge on any atom is 0.288 e. The van der Waals surface area contributed by atoms with Crippen molar-refractivity contribution in [1.82, 2.24) is 9.97 Å². The number of rotatable bonds is 4. The van der Waals surface area contributed by atoms with Crippen molar-refractivity contribution < 1.29 is 18.6 Å². The normalized spacial score (nSPS) is 10.0. The van der Waals surface area contributed by atoms with Crippen LogP contribution in [0.2, 0.25) is 5.15 Å². The van der Waals surface area contributed by atoms with Crippen molar-refractivity contribution in [2.75, 3.05) is 5.32 Å². The molecule has 0 amide bonds. The van der Waals surface area contributed by atoms with E-state index in [2.05, 4.69) is 47.1 Å². The topological polar surface area (TPSA) is 124 Å². The number of nitro groups is 2. The lowest BCUT2D eigenvalue weighted by Gasteiger charge is -2.08. The van der Waals surface area contributed by atoms with Crippen LogP contribution in [0.25, 0.3) is 0 Å². The molecule has 14 heteroatoms. The predicted molar refractivity (Wildman–Crippen MR) is 112 cm³/mol. The van der Waals surface area contributed by atoms with E-state index in [4.69, 9.17) is 11.6 Å². The van der Waals surface area contributed by atoms with E-state index >= 15 is 0 Å². The molecule has 0 saturated heterocycles. The molecule has 0 aliphatic carbocycles. The summed E-state index contributed by atoms with van der Waals surface area (Å²) >= 11 is 11.6. The van der Waals surface area contributed by atoms with Crippen molar-refractivity contribution in [3.8, 4) is 0 Å². The van der Waals surface area contributed by atoms with E-state index in [-0.39, 0.29) is 28.0 Å². The van der Waals surface area contributed by atoms with Crippen LogP contribution in [-0.2, 0) is 0 Å². The number of pyridine rings is 2. The standard InChI is InChI=1S/C11H6BrF2N3O2.C5H2BrClN2O2/c12-8-4-7(17(18)19)5-15-11(8)16-10-2-1-6(13)3-9(10)14;6-4-1-3(9(10)11)2-8-5(4)7/h1-5H,(H,15,16);1-2H. The fraction of sp³-hybridized carbons (Fsp3) is 0. The highest BCUT2D eigenvalue weighted by Crippen LogP contribution is 2.28. The lowest BCUT2D eigenvalue weighted by atomic mass is 10.3. The van der Waals surface area contributed by atoms with Crippen LogP contribution in [0.3, 0.4) is 0 Å². The number of halogens is 5. The second-order valence-electron chi connectivity index (χ2n) is 5.25. The third-order valence-electron chi connectivity index (χ3n) is 3.21. The van der Waals surface area contributed by atoms with Gasteiger partial charge in [-0.1, -0.05) is 11.6 Å². The zero-order chi connectivity index (χ0) is 22.4. The van der Waals surface area contributed by atoms with E-state index < -0.39 is 21.5 Å². The van der Waals surface area contributed by atoms with Crippen LogP contribution in [-0.4, -0.2) is 19.8 Å². The first kappa shape index (κ1) is 23.5. The quantitative estimate of drug-likeness (QED) is 0.227. The van der Waals surface area contributed by atoms with Gasteiger partial charge in [0, 0.05) is 18.2 Å². The van der Waals surface area contributed by atoms with Crippen LogP contribution in [0.15, 0.2) is 51.7 Å². The molecular formula is C16H8Br2ClF2N5O4. The molecule has 0 aliphatic rings. The molecule has 30 heavy (non-hydrogen) atoms. The van der Waals surface area contributed by atoms with Gasteiger partial charge in [-0.25, -0.2) is 18.7 Å². The Bertz CT molecular complexity index is 1120. The fourth-order valence-corrected chi connectivity index (χ4v) is 2.73. The number of benzene rings is 1. The second-order valence-corrected chi connectivity index (χ2v) is 7.32. The molecule has 0 bridgehead atoms. The Morgan fingerprint density at radius 3 is 2.00 bits per heavy atom. The Morgan fingerprint density at radius 2 is 1.50 bits per heavy atom. The summed E-state index contributed by atoms with van der Waals surface area (Å²) in [6, 6.07) is 5.55. The highest BCUT2D eigenvalue weighted by Gasteiger charge is 2.12. The van der Waals surface area contributed by atoms with Crippen molar-refractivity contribution in [2.24, 2.45) is 0 Å². The van der Waals surface area contributed by atoms with Crippen molar-refractivity contribution in [2.45, 2.75) is 0 Å². The average Bonchev–Trinajstić information content (AvgIpc) is 2.67. The number of aromatic nitrogens is 2. The number of nitrogens with zero attached hydrogens (tertiary/aromatic N) is 4. The van der Waals surface area contributed by atoms with Crippen LogP contribution in [0.4, 0.5) is 31.7 Å². The van der Waals surface area contributed by atoms with Crippen LogP contribution >= 0.6 is 43.5 Å². The van der Waals surface area contributed by atoms with Gasteiger partial charge in [0.05, 0.1) is 24.5 Å². The molecule has 3 rings (SSSR count). The summed E-state index contributed by atoms with van der Waals surface area (Å²) in [6.45, 7) is 0. The highest BCUT2D eigenvalue weighted by atomic mass is 79.9. The first-order chi connectivity index (χ1) is 14.1. The molecule has 2 aromatic heterocycles. The third kappa shape index (κ3) is 6.37. The van der Waals surface area contributed by atoms with E-state index in [1.165, 1.54) is 18.2 Å². The molecule has 156 valence electrons. The third-order valence-corrected chi connectivity index (χ3v) is 4.95. The maximum absolute atomic E-state index is 13.4. The SMILES string of the molecule is O=[N+]([O-])c1cnc(Cl)c(Br)c1.O=[N+]([O-])c1cnc(Nc2ccc(F)cc2F)c(Br)c1. The Labute approximate surface area is 188 Å². The average molecular weight is 568 g/mol. The molecule has 1 N–H and O–H groups in total. The molecule has 0 radical (unpaired) electrons. The predicted octanol–water partition coefficient (Wildman–Crippen LogP) is 6.18. The van der Waals surface area contributed by atoms with Gasteiger partial charge in [-0.05, 0) is 44.0 Å². The number of nitrogens with one attached hydrogen (secondary N) is 1. The summed E-state index contributed by atoms with van der Waals surface area (Å²) in [7, 11) is 0. The van der Waals surface area contributed by atoms with Gasteiger partial charge in [-0.15, -0.1) is 0 Å². The smallest absolute Gasteiger partial charge is 0.288 e. The summed E-state index contributed by atoms with van der Waals surface area (Å²) in [6.07, 6.45) is 2.14. The van der Waals surface area contributed by atoms with Gasteiger partial charge in [0.25, 0.3) is 11.4 Å². The Hall–Kier alpha value is -2.77. The van der Waals surface area contributed by atoms with Crippen molar-refractivity contribution in [1.29, 1.82) is 0 Å². The van der Waals surface area contributed by atoms with Gasteiger partial charge in [-0.3, -0.25) is 20.2 Å². The van der Waals surface area contributed by atoms with Crippen molar-refractivity contribution in [3.05, 3.63) is 88.7 Å². The molecule has 3 aromatic rings. The van der Waals surface area contributed by atoms with E-state index in [0.29, 0.717) is 8.95 Å². The Kier molecular flexibility index (Phi) is 8.08. The van der Waals surface area contributed by atoms with Crippen molar-refractivity contribution >= 4 is 66.3 Å². The van der Waals surface area contributed by atoms with E-state index in [0.717, 1.165) is 24.5 Å². The minimum Gasteiger partial charge on any atom is -0.337 e. The molecular weight excluding hydrogens is 559 g/mol. The fourth-order valence-electron chi connectivity index (χ4n) is 1.85. The molecule has 9 nitrogen and oxygen atoms in total. The monoisotopic (exact) mass is 565 g/mol. The first-order valence-electron chi connectivity index (χ1n) is 7.56. The molecule has 2 heterocycles. The van der Waals surface area contributed by atoms with Gasteiger partial charge in [-0.2, -0.15) is 0 Å². The lowest BCUT2D eigenvalue weighted by molar-refractivity contribution is -0.385. The Balaban J connectivity index is 0.000000248. The van der Waals surface area contributed by atoms with E-state index in [9.17, 15) is 29.0 Å². The van der Waals surface area contributed by atoms with Gasteiger partial charge in [0.15, 0.2) is 0 Å². The van der Waals surface area contributed by atoms with Crippen molar-refractivity contribution in [3.63, 3.8) is 0 Å². The summed E-state index contributed by atoms with van der Waals surface area (Å²) in [4.78, 5) is 26.9. The van der Waals surface area contributed by atoms with Gasteiger partial charge < -0.3 is 5.32 Å². The minimum atomic E-state index is -0.785. The summed E-state index contributed by atoms with van der Waals surface area (Å²) in [5.74, 6) is -1.29. The Morgan fingerprint density at radius 1 is 0.933 bits per heavy atom. The van der Waals surface area contributed by atoms with Crippen LogP contribution in [0.1, 0.15) is 0 Å². The molecule has 0 aliphatic heterocycles. The van der Waals surface area contributed by atoms with Gasteiger partial charge in [0.1, 0.15) is 35.0 Å².